The van der Waals surface area contributed by atoms with Crippen LogP contribution >= 0.6 is 0 Å². The molecule has 0 unspecified atom stereocenters. The Kier molecular flexibility index (Phi) is 6.33. The van der Waals surface area contributed by atoms with E-state index in [2.05, 4.69) is 12.1 Å². The smallest absolute Gasteiger partial charge is 0.410 e. The summed E-state index contributed by atoms with van der Waals surface area (Å²) in [5.41, 5.74) is 4.60. The number of amides is 1. The predicted molar refractivity (Wildman–Crippen MR) is 130 cm³/mol. The molecule has 1 heterocycles. The summed E-state index contributed by atoms with van der Waals surface area (Å²) >= 11 is 0. The highest BCUT2D eigenvalue weighted by atomic mass is 16.6. The first-order valence-corrected chi connectivity index (χ1v) is 11.7. The lowest BCUT2D eigenvalue weighted by molar-refractivity contribution is -0.145. The maximum Gasteiger partial charge on any atom is 0.410 e. The van der Waals surface area contributed by atoms with E-state index in [4.69, 9.17) is 19.3 Å². The largest absolute Gasteiger partial charge is 0.488 e. The average Bonchev–Trinajstić information content (AvgIpc) is 3.46. The van der Waals surface area contributed by atoms with E-state index >= 15 is 0 Å². The summed E-state index contributed by atoms with van der Waals surface area (Å²) < 4.78 is 16.6. The van der Waals surface area contributed by atoms with Gasteiger partial charge in [-0.2, -0.15) is 0 Å². The molecule has 0 aromatic heterocycles. The van der Waals surface area contributed by atoms with Gasteiger partial charge in [0.1, 0.15) is 24.5 Å². The number of likely N-dealkylation sites (tertiary alicyclic amines) is 1. The van der Waals surface area contributed by atoms with Gasteiger partial charge in [0.25, 0.3) is 0 Å². The van der Waals surface area contributed by atoms with Crippen LogP contribution in [0, 0.1) is 0 Å². The molecule has 2 aliphatic rings. The SMILES string of the molecule is COC(=O)[C@@H]1C[C@H](Oc2ccc(C(=O)O)cc2)CN1C(=O)OCC1c2ccccc2-c2ccccc21. The molecule has 1 amide bonds. The van der Waals surface area contributed by atoms with Crippen LogP contribution in [0.5, 0.6) is 5.75 Å². The van der Waals surface area contributed by atoms with Gasteiger partial charge < -0.3 is 19.3 Å². The number of carboxylic acid groups (broad SMARTS) is 1. The van der Waals surface area contributed by atoms with E-state index < -0.39 is 30.2 Å². The van der Waals surface area contributed by atoms with E-state index in [1.807, 2.05) is 36.4 Å². The van der Waals surface area contributed by atoms with Crippen LogP contribution in [0.25, 0.3) is 11.1 Å². The van der Waals surface area contributed by atoms with Gasteiger partial charge in [-0.15, -0.1) is 0 Å². The van der Waals surface area contributed by atoms with E-state index in [9.17, 15) is 14.4 Å². The Hall–Kier alpha value is -4.33. The molecule has 1 fully saturated rings. The van der Waals surface area contributed by atoms with Crippen molar-refractivity contribution in [2.75, 3.05) is 20.3 Å². The van der Waals surface area contributed by atoms with Gasteiger partial charge >= 0.3 is 18.0 Å². The normalized spacial score (nSPS) is 18.3. The van der Waals surface area contributed by atoms with Crippen LogP contribution in [-0.4, -0.2) is 60.4 Å². The molecule has 3 aromatic rings. The molecule has 0 bridgehead atoms. The number of carboxylic acids is 1. The molecule has 36 heavy (non-hydrogen) atoms. The molecule has 184 valence electrons. The second-order valence-electron chi connectivity index (χ2n) is 8.80. The minimum absolute atomic E-state index is 0.0969. The van der Waals surface area contributed by atoms with E-state index in [1.165, 1.54) is 24.1 Å². The topological polar surface area (TPSA) is 102 Å². The van der Waals surface area contributed by atoms with Crippen molar-refractivity contribution in [1.29, 1.82) is 0 Å². The van der Waals surface area contributed by atoms with E-state index in [1.54, 1.807) is 12.1 Å². The summed E-state index contributed by atoms with van der Waals surface area (Å²) in [6.07, 6.45) is -0.859. The fourth-order valence-electron chi connectivity index (χ4n) is 4.99. The van der Waals surface area contributed by atoms with Gasteiger partial charge in [-0.25, -0.2) is 14.4 Å². The van der Waals surface area contributed by atoms with Crippen LogP contribution in [-0.2, 0) is 14.3 Å². The highest BCUT2D eigenvalue weighted by molar-refractivity contribution is 5.87. The molecular weight excluding hydrogens is 462 g/mol. The highest BCUT2D eigenvalue weighted by Crippen LogP contribution is 2.44. The number of fused-ring (bicyclic) bond motifs is 3. The van der Waals surface area contributed by atoms with Crippen molar-refractivity contribution in [1.82, 2.24) is 4.90 Å². The molecule has 1 aliphatic carbocycles. The lowest BCUT2D eigenvalue weighted by atomic mass is 9.98. The zero-order valence-corrected chi connectivity index (χ0v) is 19.6. The Labute approximate surface area is 208 Å². The molecule has 5 rings (SSSR count). The third-order valence-corrected chi connectivity index (χ3v) is 6.71. The molecule has 1 aliphatic heterocycles. The number of methoxy groups -OCH3 is 1. The summed E-state index contributed by atoms with van der Waals surface area (Å²) in [5.74, 6) is -1.23. The van der Waals surface area contributed by atoms with Crippen molar-refractivity contribution >= 4 is 18.0 Å². The number of hydrogen-bond donors (Lipinski definition) is 1. The van der Waals surface area contributed by atoms with Crippen LogP contribution in [0.3, 0.4) is 0 Å². The summed E-state index contributed by atoms with van der Waals surface area (Å²) in [6, 6.07) is 21.3. The molecule has 2 atom stereocenters. The summed E-state index contributed by atoms with van der Waals surface area (Å²) in [7, 11) is 1.27. The Balaban J connectivity index is 1.29. The maximum atomic E-state index is 13.1. The minimum atomic E-state index is -1.03. The molecular formula is C28H25NO7. The molecule has 1 saturated heterocycles. The molecule has 3 aromatic carbocycles. The van der Waals surface area contributed by atoms with Gasteiger partial charge in [0.05, 0.1) is 19.2 Å². The zero-order valence-electron chi connectivity index (χ0n) is 19.6. The first-order valence-electron chi connectivity index (χ1n) is 11.7. The molecule has 8 nitrogen and oxygen atoms in total. The van der Waals surface area contributed by atoms with Crippen LogP contribution < -0.4 is 4.74 Å². The van der Waals surface area contributed by atoms with E-state index in [0.29, 0.717) is 5.75 Å². The van der Waals surface area contributed by atoms with E-state index in [-0.39, 0.29) is 31.1 Å². The van der Waals surface area contributed by atoms with Gasteiger partial charge in [0, 0.05) is 12.3 Å². The van der Waals surface area contributed by atoms with Crippen molar-refractivity contribution in [2.45, 2.75) is 24.5 Å². The standard InChI is InChI=1S/C28H25NO7/c1-34-27(32)25-14-19(36-18-12-10-17(11-13-18)26(30)31)15-29(25)28(33)35-16-24-22-8-4-2-6-20(22)21-7-3-5-9-23(21)24/h2-13,19,24-25H,14-16H2,1H3,(H,30,31)/t19-,25-/m0/s1. The van der Waals surface area contributed by atoms with Crippen LogP contribution in [0.4, 0.5) is 4.79 Å². The Morgan fingerprint density at radius 1 is 0.917 bits per heavy atom. The quantitative estimate of drug-likeness (QED) is 0.517. The van der Waals surface area contributed by atoms with Crippen LogP contribution in [0.2, 0.25) is 0 Å². The van der Waals surface area contributed by atoms with Crippen LogP contribution in [0.15, 0.2) is 72.8 Å². The first kappa shape index (κ1) is 23.4. The van der Waals surface area contributed by atoms with Gasteiger partial charge in [0.2, 0.25) is 0 Å². The van der Waals surface area contributed by atoms with Crippen LogP contribution in [0.1, 0.15) is 33.8 Å². The fourth-order valence-corrected chi connectivity index (χ4v) is 4.99. The molecule has 1 N–H and O–H groups in total. The average molecular weight is 488 g/mol. The van der Waals surface area contributed by atoms with E-state index in [0.717, 1.165) is 22.3 Å². The molecule has 8 heteroatoms. The minimum Gasteiger partial charge on any atom is -0.488 e. The first-order chi connectivity index (χ1) is 17.5. The van der Waals surface area contributed by atoms with Crippen molar-refractivity contribution < 1.29 is 33.7 Å². The second-order valence-corrected chi connectivity index (χ2v) is 8.80. The van der Waals surface area contributed by atoms with Gasteiger partial charge in [-0.3, -0.25) is 4.90 Å². The molecule has 0 spiro atoms. The summed E-state index contributed by atoms with van der Waals surface area (Å²) in [4.78, 5) is 38.0. The Bertz CT molecular complexity index is 1260. The summed E-state index contributed by atoms with van der Waals surface area (Å²) in [6.45, 7) is 0.274. The highest BCUT2D eigenvalue weighted by Gasteiger charge is 2.43. The number of nitrogens with zero attached hydrogens (tertiary/aromatic N) is 1. The van der Waals surface area contributed by atoms with Gasteiger partial charge in [0.15, 0.2) is 0 Å². The van der Waals surface area contributed by atoms with Crippen molar-refractivity contribution in [3.63, 3.8) is 0 Å². The second kappa shape index (κ2) is 9.73. The molecule has 0 saturated carbocycles. The Morgan fingerprint density at radius 2 is 1.53 bits per heavy atom. The number of esters is 1. The number of carbonyl (C=O) groups excluding carboxylic acids is 2. The summed E-state index contributed by atoms with van der Waals surface area (Å²) in [5, 5.41) is 9.07. The predicted octanol–water partition coefficient (Wildman–Crippen LogP) is 4.33. The maximum absolute atomic E-state index is 13.1. The number of carbonyl (C=O) groups is 3. The lowest BCUT2D eigenvalue weighted by Crippen LogP contribution is -2.42. The monoisotopic (exact) mass is 487 g/mol. The number of benzene rings is 3. The third kappa shape index (κ3) is 4.37. The van der Waals surface area contributed by atoms with Gasteiger partial charge in [-0.1, -0.05) is 48.5 Å². The number of ether oxygens (including phenoxy) is 3. The number of aromatic carboxylic acids is 1. The zero-order chi connectivity index (χ0) is 25.2. The van der Waals surface area contributed by atoms with Crippen molar-refractivity contribution in [2.24, 2.45) is 0 Å². The number of hydrogen-bond acceptors (Lipinski definition) is 6. The van der Waals surface area contributed by atoms with Gasteiger partial charge in [-0.05, 0) is 46.5 Å². The van der Waals surface area contributed by atoms with Crippen molar-refractivity contribution in [3.05, 3.63) is 89.5 Å². The lowest BCUT2D eigenvalue weighted by Gasteiger charge is -2.23. The fraction of sp³-hybridized carbons (Fsp3) is 0.250. The van der Waals surface area contributed by atoms with Crippen molar-refractivity contribution in [3.8, 4) is 16.9 Å². The third-order valence-electron chi connectivity index (χ3n) is 6.71. The molecule has 0 radical (unpaired) electrons. The Morgan fingerprint density at radius 3 is 2.11 bits per heavy atom. The number of rotatable bonds is 6.